The fourth-order valence-corrected chi connectivity index (χ4v) is 10.8. The Kier molecular flexibility index (Phi) is 7.48. The molecule has 4 fully saturated rings. The summed E-state index contributed by atoms with van der Waals surface area (Å²) in [7, 11) is 0.0464. The first kappa shape index (κ1) is 25.7. The molecule has 9 atom stereocenters. The Morgan fingerprint density at radius 1 is 1.00 bits per heavy atom. The van der Waals surface area contributed by atoms with E-state index >= 15 is 0 Å². The Labute approximate surface area is 205 Å². The van der Waals surface area contributed by atoms with Crippen LogP contribution >= 0.6 is 0 Å². The standard InChI is InChI=1S/C29H52O3Si/c1-8-33(6,7)32-22-15-17-28(3)21(19-22)10-11-23-25-13-12-24(20(2)9-14-27(30)31-5)29(25,4)18-16-26(23)28/h20-26H,8-19H2,1-7H3/t20-,21+,22+,23+,24-,25+,26+,28+,29-/m1/s1. The molecule has 0 N–H and O–H groups in total. The first-order valence-corrected chi connectivity index (χ1v) is 17.4. The number of esters is 1. The zero-order chi connectivity index (χ0) is 24.0. The zero-order valence-electron chi connectivity index (χ0n) is 22.8. The lowest BCUT2D eigenvalue weighted by Gasteiger charge is -2.61. The third kappa shape index (κ3) is 4.73. The van der Waals surface area contributed by atoms with E-state index in [1.54, 1.807) is 0 Å². The molecule has 0 bridgehead atoms. The van der Waals surface area contributed by atoms with Gasteiger partial charge in [0.2, 0.25) is 0 Å². The van der Waals surface area contributed by atoms with Gasteiger partial charge in [-0.2, -0.15) is 0 Å². The van der Waals surface area contributed by atoms with E-state index in [0.29, 0.717) is 29.3 Å². The maximum atomic E-state index is 11.7. The average molecular weight is 477 g/mol. The molecule has 190 valence electrons. The van der Waals surface area contributed by atoms with Gasteiger partial charge < -0.3 is 9.16 Å². The largest absolute Gasteiger partial charge is 0.469 e. The van der Waals surface area contributed by atoms with Crippen molar-refractivity contribution in [1.82, 2.24) is 0 Å². The van der Waals surface area contributed by atoms with E-state index in [-0.39, 0.29) is 5.97 Å². The highest BCUT2D eigenvalue weighted by atomic mass is 28.4. The van der Waals surface area contributed by atoms with E-state index < -0.39 is 8.32 Å². The molecule has 0 aliphatic heterocycles. The van der Waals surface area contributed by atoms with Crippen molar-refractivity contribution in [3.63, 3.8) is 0 Å². The van der Waals surface area contributed by atoms with Crippen LogP contribution in [0, 0.1) is 46.3 Å². The van der Waals surface area contributed by atoms with E-state index in [1.807, 2.05) is 0 Å². The highest BCUT2D eigenvalue weighted by Gasteiger charge is 2.60. The summed E-state index contributed by atoms with van der Waals surface area (Å²) < 4.78 is 11.7. The summed E-state index contributed by atoms with van der Waals surface area (Å²) in [5.74, 6) is 5.00. The molecule has 4 aliphatic carbocycles. The number of hydrogen-bond donors (Lipinski definition) is 0. The van der Waals surface area contributed by atoms with E-state index in [2.05, 4.69) is 40.8 Å². The van der Waals surface area contributed by atoms with Crippen LogP contribution in [0.3, 0.4) is 0 Å². The van der Waals surface area contributed by atoms with Gasteiger partial charge in [-0.25, -0.2) is 0 Å². The normalized spacial score (nSPS) is 43.8. The van der Waals surface area contributed by atoms with Crippen molar-refractivity contribution in [3.05, 3.63) is 0 Å². The summed E-state index contributed by atoms with van der Waals surface area (Å²) in [6, 6.07) is 1.23. The molecule has 4 saturated carbocycles. The van der Waals surface area contributed by atoms with Gasteiger partial charge in [0, 0.05) is 12.5 Å². The quantitative estimate of drug-likeness (QED) is 0.277. The van der Waals surface area contributed by atoms with Crippen LogP contribution in [0.4, 0.5) is 0 Å². The van der Waals surface area contributed by atoms with Crippen LogP contribution < -0.4 is 0 Å². The van der Waals surface area contributed by atoms with Gasteiger partial charge in [-0.15, -0.1) is 0 Å². The summed E-state index contributed by atoms with van der Waals surface area (Å²) in [5.41, 5.74) is 1.02. The lowest BCUT2D eigenvalue weighted by atomic mass is 9.44. The molecule has 4 rings (SSSR count). The molecule has 0 radical (unpaired) electrons. The minimum absolute atomic E-state index is 0.0407. The Bertz CT molecular complexity index is 707. The molecule has 0 aromatic heterocycles. The van der Waals surface area contributed by atoms with Crippen molar-refractivity contribution in [2.45, 2.75) is 124 Å². The van der Waals surface area contributed by atoms with Crippen LogP contribution in [0.1, 0.15) is 98.3 Å². The van der Waals surface area contributed by atoms with Crippen molar-refractivity contribution >= 4 is 14.3 Å². The van der Waals surface area contributed by atoms with Gasteiger partial charge in [-0.05, 0) is 130 Å². The second kappa shape index (κ2) is 9.60. The molecule has 0 amide bonds. The van der Waals surface area contributed by atoms with Gasteiger partial charge in [-0.1, -0.05) is 27.7 Å². The molecular weight excluding hydrogens is 424 g/mol. The predicted octanol–water partition coefficient (Wildman–Crippen LogP) is 7.84. The van der Waals surface area contributed by atoms with Gasteiger partial charge in [-0.3, -0.25) is 4.79 Å². The lowest BCUT2D eigenvalue weighted by molar-refractivity contribution is -0.141. The van der Waals surface area contributed by atoms with Gasteiger partial charge >= 0.3 is 5.97 Å². The Balaban J connectivity index is 1.43. The van der Waals surface area contributed by atoms with Gasteiger partial charge in [0.1, 0.15) is 0 Å². The molecule has 0 aromatic carbocycles. The van der Waals surface area contributed by atoms with Gasteiger partial charge in [0.15, 0.2) is 8.32 Å². The molecule has 0 unspecified atom stereocenters. The molecule has 4 heteroatoms. The topological polar surface area (TPSA) is 35.5 Å². The lowest BCUT2D eigenvalue weighted by Crippen LogP contribution is -2.54. The van der Waals surface area contributed by atoms with Crippen LogP contribution in [-0.2, 0) is 14.0 Å². The summed E-state index contributed by atoms with van der Waals surface area (Å²) in [6.45, 7) is 14.9. The van der Waals surface area contributed by atoms with E-state index in [9.17, 15) is 4.79 Å². The number of carbonyl (C=O) groups excluding carboxylic acids is 1. The number of fused-ring (bicyclic) bond motifs is 5. The van der Waals surface area contributed by atoms with E-state index in [1.165, 1.54) is 70.9 Å². The van der Waals surface area contributed by atoms with Crippen molar-refractivity contribution in [2.24, 2.45) is 46.3 Å². The molecule has 0 aromatic rings. The molecule has 0 saturated heterocycles. The van der Waals surface area contributed by atoms with E-state index in [4.69, 9.17) is 9.16 Å². The summed E-state index contributed by atoms with van der Waals surface area (Å²) in [5, 5.41) is 0. The summed E-state index contributed by atoms with van der Waals surface area (Å²) >= 11 is 0. The van der Waals surface area contributed by atoms with Crippen molar-refractivity contribution in [2.75, 3.05) is 7.11 Å². The predicted molar refractivity (Wildman–Crippen MR) is 138 cm³/mol. The Morgan fingerprint density at radius 3 is 2.39 bits per heavy atom. The highest BCUT2D eigenvalue weighted by molar-refractivity contribution is 6.71. The van der Waals surface area contributed by atoms with Crippen LogP contribution in [0.2, 0.25) is 19.1 Å². The molecule has 0 heterocycles. The molecule has 0 spiro atoms. The fourth-order valence-electron chi connectivity index (χ4n) is 9.48. The van der Waals surface area contributed by atoms with Crippen LogP contribution in [0.25, 0.3) is 0 Å². The minimum Gasteiger partial charge on any atom is -0.469 e. The Morgan fingerprint density at radius 2 is 1.70 bits per heavy atom. The van der Waals surface area contributed by atoms with Crippen molar-refractivity contribution in [1.29, 1.82) is 0 Å². The summed E-state index contributed by atoms with van der Waals surface area (Å²) in [4.78, 5) is 11.7. The Hall–Kier alpha value is -0.353. The van der Waals surface area contributed by atoms with Gasteiger partial charge in [0.25, 0.3) is 0 Å². The molecule has 4 aliphatic rings. The van der Waals surface area contributed by atoms with Crippen LogP contribution in [0.15, 0.2) is 0 Å². The first-order valence-electron chi connectivity index (χ1n) is 14.3. The van der Waals surface area contributed by atoms with Crippen molar-refractivity contribution in [3.8, 4) is 0 Å². The number of hydrogen-bond acceptors (Lipinski definition) is 3. The second-order valence-corrected chi connectivity index (χ2v) is 18.1. The maximum Gasteiger partial charge on any atom is 0.305 e. The highest BCUT2D eigenvalue weighted by Crippen LogP contribution is 2.68. The van der Waals surface area contributed by atoms with E-state index in [0.717, 1.165) is 36.0 Å². The third-order valence-corrected chi connectivity index (χ3v) is 14.4. The number of rotatable bonds is 7. The minimum atomic E-state index is -1.47. The maximum absolute atomic E-state index is 11.7. The fraction of sp³-hybridized carbons (Fsp3) is 0.966. The number of ether oxygens (including phenoxy) is 1. The average Bonchev–Trinajstić information content (AvgIpc) is 3.14. The zero-order valence-corrected chi connectivity index (χ0v) is 23.8. The smallest absolute Gasteiger partial charge is 0.305 e. The number of carbonyl (C=O) groups is 1. The summed E-state index contributed by atoms with van der Waals surface area (Å²) in [6.07, 6.45) is 14.6. The van der Waals surface area contributed by atoms with Gasteiger partial charge in [0.05, 0.1) is 7.11 Å². The second-order valence-electron chi connectivity index (χ2n) is 13.6. The number of methoxy groups -OCH3 is 1. The molecule has 3 nitrogen and oxygen atoms in total. The van der Waals surface area contributed by atoms with Crippen LogP contribution in [-0.4, -0.2) is 27.5 Å². The molecule has 33 heavy (non-hydrogen) atoms. The van der Waals surface area contributed by atoms with Crippen LogP contribution in [0.5, 0.6) is 0 Å². The molecular formula is C29H52O3Si. The third-order valence-electron chi connectivity index (χ3n) is 11.7. The monoisotopic (exact) mass is 476 g/mol. The SMILES string of the molecule is CC[Si](C)(C)O[C@H]1CC[C@@]2(C)[C@@H](CC[C@@H]3[C@@H]2CC[C@]2(C)[C@@H]([C@H](C)CCC(=O)OC)CC[C@@H]32)C1. The first-order chi connectivity index (χ1) is 15.5. The van der Waals surface area contributed by atoms with Crippen molar-refractivity contribution < 1.29 is 14.0 Å².